The highest BCUT2D eigenvalue weighted by atomic mass is 35.5. The van der Waals surface area contributed by atoms with E-state index >= 15 is 0 Å². The lowest BCUT2D eigenvalue weighted by Gasteiger charge is -2.11. The third-order valence-corrected chi connectivity index (χ3v) is 3.34. The van der Waals surface area contributed by atoms with Crippen molar-refractivity contribution in [1.29, 1.82) is 0 Å². The Balaban J connectivity index is 1.94. The number of benzene rings is 2. The van der Waals surface area contributed by atoms with Crippen LogP contribution in [-0.4, -0.2) is 13.7 Å². The van der Waals surface area contributed by atoms with E-state index in [1.165, 1.54) is 5.56 Å². The van der Waals surface area contributed by atoms with Gasteiger partial charge in [0.25, 0.3) is 0 Å². The molecular formula is C17H20ClNO2. The van der Waals surface area contributed by atoms with Crippen molar-refractivity contribution in [3.8, 4) is 11.5 Å². The molecule has 2 aromatic carbocycles. The molecular weight excluding hydrogens is 286 g/mol. The molecule has 0 aromatic heterocycles. The quantitative estimate of drug-likeness (QED) is 0.800. The smallest absolute Gasteiger partial charge is 0.138 e. The second-order valence-corrected chi connectivity index (χ2v) is 5.10. The molecule has 0 radical (unpaired) electrons. The number of nitrogens with one attached hydrogen (secondary N) is 1. The Bertz CT molecular complexity index is 570. The maximum atomic E-state index is 6.20. The van der Waals surface area contributed by atoms with Crippen molar-refractivity contribution < 1.29 is 9.47 Å². The van der Waals surface area contributed by atoms with Crippen LogP contribution in [-0.2, 0) is 6.54 Å². The molecule has 0 spiro atoms. The van der Waals surface area contributed by atoms with E-state index in [1.807, 2.05) is 42.5 Å². The van der Waals surface area contributed by atoms with E-state index < -0.39 is 0 Å². The zero-order valence-electron chi connectivity index (χ0n) is 12.4. The van der Waals surface area contributed by atoms with Crippen LogP contribution in [0, 0.1) is 0 Å². The van der Waals surface area contributed by atoms with E-state index in [0.29, 0.717) is 11.6 Å². The van der Waals surface area contributed by atoms with Gasteiger partial charge in [-0.1, -0.05) is 30.7 Å². The lowest BCUT2D eigenvalue weighted by atomic mass is 10.2. The molecule has 0 aliphatic rings. The van der Waals surface area contributed by atoms with E-state index in [-0.39, 0.29) is 0 Å². The van der Waals surface area contributed by atoms with Gasteiger partial charge in [-0.05, 0) is 42.3 Å². The third-order valence-electron chi connectivity index (χ3n) is 3.05. The number of ether oxygens (including phenoxy) is 2. The van der Waals surface area contributed by atoms with Crippen LogP contribution in [0.15, 0.2) is 42.5 Å². The zero-order chi connectivity index (χ0) is 15.1. The molecule has 0 amide bonds. The van der Waals surface area contributed by atoms with Crippen LogP contribution in [0.25, 0.3) is 0 Å². The number of hydrogen-bond acceptors (Lipinski definition) is 3. The Morgan fingerprint density at radius 3 is 2.48 bits per heavy atom. The lowest BCUT2D eigenvalue weighted by molar-refractivity contribution is 0.317. The van der Waals surface area contributed by atoms with Gasteiger partial charge in [0.2, 0.25) is 0 Å². The Labute approximate surface area is 130 Å². The topological polar surface area (TPSA) is 30.5 Å². The summed E-state index contributed by atoms with van der Waals surface area (Å²) >= 11 is 6.20. The van der Waals surface area contributed by atoms with Crippen LogP contribution in [0.4, 0.5) is 5.69 Å². The number of anilines is 1. The second-order valence-electron chi connectivity index (χ2n) is 4.70. The Kier molecular flexibility index (Phi) is 5.76. The highest BCUT2D eigenvalue weighted by molar-refractivity contribution is 6.32. The molecule has 1 N–H and O–H groups in total. The fraction of sp³-hybridized carbons (Fsp3) is 0.294. The van der Waals surface area contributed by atoms with E-state index in [4.69, 9.17) is 21.1 Å². The molecule has 0 bridgehead atoms. The molecule has 2 rings (SSSR count). The fourth-order valence-corrected chi connectivity index (χ4v) is 2.12. The Morgan fingerprint density at radius 2 is 1.86 bits per heavy atom. The van der Waals surface area contributed by atoms with E-state index in [2.05, 4.69) is 12.2 Å². The summed E-state index contributed by atoms with van der Waals surface area (Å²) in [7, 11) is 1.66. The van der Waals surface area contributed by atoms with Gasteiger partial charge in [0, 0.05) is 12.2 Å². The van der Waals surface area contributed by atoms with Crippen LogP contribution in [0.3, 0.4) is 0 Å². The first kappa shape index (κ1) is 15.5. The van der Waals surface area contributed by atoms with Crippen LogP contribution in [0.5, 0.6) is 11.5 Å². The molecule has 0 heterocycles. The Morgan fingerprint density at radius 1 is 1.10 bits per heavy atom. The van der Waals surface area contributed by atoms with Gasteiger partial charge in [0.15, 0.2) is 0 Å². The van der Waals surface area contributed by atoms with Crippen LogP contribution in [0.1, 0.15) is 18.9 Å². The van der Waals surface area contributed by atoms with Crippen molar-refractivity contribution in [2.75, 3.05) is 19.0 Å². The van der Waals surface area contributed by atoms with E-state index in [1.54, 1.807) is 7.11 Å². The number of hydrogen-bond donors (Lipinski definition) is 1. The summed E-state index contributed by atoms with van der Waals surface area (Å²) in [6.45, 7) is 3.48. The van der Waals surface area contributed by atoms with Gasteiger partial charge in [-0.25, -0.2) is 0 Å². The number of methoxy groups -OCH3 is 1. The molecule has 21 heavy (non-hydrogen) atoms. The van der Waals surface area contributed by atoms with Crippen molar-refractivity contribution in [3.63, 3.8) is 0 Å². The molecule has 0 aliphatic carbocycles. The van der Waals surface area contributed by atoms with Crippen molar-refractivity contribution in [1.82, 2.24) is 0 Å². The van der Waals surface area contributed by atoms with Crippen LogP contribution >= 0.6 is 11.6 Å². The monoisotopic (exact) mass is 305 g/mol. The van der Waals surface area contributed by atoms with E-state index in [9.17, 15) is 0 Å². The van der Waals surface area contributed by atoms with Crippen molar-refractivity contribution in [2.45, 2.75) is 19.9 Å². The summed E-state index contributed by atoms with van der Waals surface area (Å²) in [5.74, 6) is 1.59. The SMILES string of the molecule is CCCOc1ccc(NCc2ccc(OC)cc2)cc1Cl. The average molecular weight is 306 g/mol. The summed E-state index contributed by atoms with van der Waals surface area (Å²) in [6, 6.07) is 13.7. The van der Waals surface area contributed by atoms with Crippen LogP contribution in [0.2, 0.25) is 5.02 Å². The fourth-order valence-electron chi connectivity index (χ4n) is 1.89. The predicted molar refractivity (Wildman–Crippen MR) is 87.6 cm³/mol. The van der Waals surface area contributed by atoms with Gasteiger partial charge in [-0.3, -0.25) is 0 Å². The first-order valence-corrected chi connectivity index (χ1v) is 7.40. The largest absolute Gasteiger partial charge is 0.497 e. The van der Waals surface area contributed by atoms with Gasteiger partial charge in [-0.15, -0.1) is 0 Å². The normalized spacial score (nSPS) is 10.2. The first-order valence-electron chi connectivity index (χ1n) is 7.02. The summed E-state index contributed by atoms with van der Waals surface area (Å²) in [5.41, 5.74) is 2.15. The third kappa shape index (κ3) is 4.57. The molecule has 0 saturated heterocycles. The summed E-state index contributed by atoms with van der Waals surface area (Å²) in [4.78, 5) is 0. The molecule has 0 unspecified atom stereocenters. The van der Waals surface area contributed by atoms with Gasteiger partial charge in [0.05, 0.1) is 18.7 Å². The van der Waals surface area contributed by atoms with Gasteiger partial charge in [-0.2, -0.15) is 0 Å². The highest BCUT2D eigenvalue weighted by Crippen LogP contribution is 2.28. The molecule has 0 saturated carbocycles. The molecule has 2 aromatic rings. The minimum absolute atomic E-state index is 0.628. The van der Waals surface area contributed by atoms with Gasteiger partial charge < -0.3 is 14.8 Å². The van der Waals surface area contributed by atoms with Gasteiger partial charge >= 0.3 is 0 Å². The Hall–Kier alpha value is -1.87. The lowest BCUT2D eigenvalue weighted by Crippen LogP contribution is -2.00. The van der Waals surface area contributed by atoms with Crippen LogP contribution < -0.4 is 14.8 Å². The van der Waals surface area contributed by atoms with Crippen molar-refractivity contribution in [2.24, 2.45) is 0 Å². The summed E-state index contributed by atoms with van der Waals surface area (Å²) < 4.78 is 10.7. The summed E-state index contributed by atoms with van der Waals surface area (Å²) in [6.07, 6.45) is 0.966. The van der Waals surface area contributed by atoms with Crippen molar-refractivity contribution in [3.05, 3.63) is 53.1 Å². The minimum Gasteiger partial charge on any atom is -0.497 e. The maximum absolute atomic E-state index is 6.20. The molecule has 3 nitrogen and oxygen atoms in total. The molecule has 0 fully saturated rings. The number of halogens is 1. The maximum Gasteiger partial charge on any atom is 0.138 e. The zero-order valence-corrected chi connectivity index (χ0v) is 13.1. The summed E-state index contributed by atoms with van der Waals surface area (Å²) in [5, 5.41) is 3.97. The van der Waals surface area contributed by atoms with E-state index in [0.717, 1.165) is 30.2 Å². The first-order chi connectivity index (χ1) is 10.2. The number of rotatable bonds is 7. The molecule has 0 atom stereocenters. The minimum atomic E-state index is 0.628. The van der Waals surface area contributed by atoms with Gasteiger partial charge in [0.1, 0.15) is 11.5 Å². The average Bonchev–Trinajstić information content (AvgIpc) is 2.52. The molecule has 112 valence electrons. The van der Waals surface area contributed by atoms with Crippen molar-refractivity contribution >= 4 is 17.3 Å². The standard InChI is InChI=1S/C17H20ClNO2/c1-3-10-21-17-9-6-14(11-16(17)18)19-12-13-4-7-15(20-2)8-5-13/h4-9,11,19H,3,10,12H2,1-2H3. The molecule has 0 aliphatic heterocycles. The highest BCUT2D eigenvalue weighted by Gasteiger charge is 2.03. The molecule has 4 heteroatoms. The second kappa shape index (κ2) is 7.79. The predicted octanol–water partition coefficient (Wildman–Crippen LogP) is 4.75.